The van der Waals surface area contributed by atoms with Crippen molar-refractivity contribution in [3.8, 4) is 0 Å². The molecule has 0 saturated carbocycles. The van der Waals surface area contributed by atoms with Gasteiger partial charge in [0.25, 0.3) is 0 Å². The highest BCUT2D eigenvalue weighted by Crippen LogP contribution is 2.23. The molecule has 0 spiro atoms. The molecule has 0 unspecified atom stereocenters. The van der Waals surface area contributed by atoms with Crippen LogP contribution in [0.4, 0.5) is 10.5 Å². The first-order valence-corrected chi connectivity index (χ1v) is 8.01. The second-order valence-electron chi connectivity index (χ2n) is 6.19. The molecule has 2 rings (SSSR count). The maximum atomic E-state index is 12.0. The zero-order chi connectivity index (χ0) is 15.9. The fourth-order valence-corrected chi connectivity index (χ4v) is 2.53. The number of amides is 1. The van der Waals surface area contributed by atoms with E-state index >= 15 is 0 Å². The molecular weight excluding hydrogens is 274 g/mol. The van der Waals surface area contributed by atoms with Crippen molar-refractivity contribution in [3.05, 3.63) is 42.5 Å². The van der Waals surface area contributed by atoms with Crippen molar-refractivity contribution in [2.75, 3.05) is 5.32 Å². The molecule has 118 valence electrons. The van der Waals surface area contributed by atoms with Crippen molar-refractivity contribution in [1.29, 1.82) is 0 Å². The summed E-state index contributed by atoms with van der Waals surface area (Å²) in [6.45, 7) is 6.36. The SMILES string of the molecule is CC(C)CCC[C@@H](C)OC(=O)Nc1cccc2ccccc12. The van der Waals surface area contributed by atoms with Gasteiger partial charge >= 0.3 is 6.09 Å². The smallest absolute Gasteiger partial charge is 0.411 e. The Morgan fingerprint density at radius 3 is 2.55 bits per heavy atom. The van der Waals surface area contributed by atoms with Crippen molar-refractivity contribution in [3.63, 3.8) is 0 Å². The molecule has 1 atom stereocenters. The minimum atomic E-state index is -0.381. The summed E-state index contributed by atoms with van der Waals surface area (Å²) in [5.74, 6) is 0.691. The molecule has 2 aromatic rings. The van der Waals surface area contributed by atoms with E-state index in [1.165, 1.54) is 6.42 Å². The summed E-state index contributed by atoms with van der Waals surface area (Å²) in [7, 11) is 0. The molecule has 0 aliphatic heterocycles. The van der Waals surface area contributed by atoms with Gasteiger partial charge in [-0.05, 0) is 37.1 Å². The third-order valence-electron chi connectivity index (χ3n) is 3.73. The zero-order valence-corrected chi connectivity index (χ0v) is 13.6. The summed E-state index contributed by atoms with van der Waals surface area (Å²) in [6.07, 6.45) is 2.71. The highest BCUT2D eigenvalue weighted by Gasteiger charge is 2.11. The minimum Gasteiger partial charge on any atom is -0.446 e. The summed E-state index contributed by atoms with van der Waals surface area (Å²) in [6, 6.07) is 13.8. The van der Waals surface area contributed by atoms with Gasteiger partial charge in [0.1, 0.15) is 6.10 Å². The van der Waals surface area contributed by atoms with Crippen LogP contribution in [0.3, 0.4) is 0 Å². The fourth-order valence-electron chi connectivity index (χ4n) is 2.53. The van der Waals surface area contributed by atoms with Crippen LogP contribution in [-0.2, 0) is 4.74 Å². The Kier molecular flexibility index (Phi) is 5.82. The topological polar surface area (TPSA) is 38.3 Å². The van der Waals surface area contributed by atoms with Crippen LogP contribution in [0.25, 0.3) is 10.8 Å². The van der Waals surface area contributed by atoms with Crippen molar-refractivity contribution in [2.45, 2.75) is 46.1 Å². The average molecular weight is 299 g/mol. The van der Waals surface area contributed by atoms with E-state index in [4.69, 9.17) is 4.74 Å². The standard InChI is InChI=1S/C19H25NO2/c1-14(2)8-6-9-15(3)22-19(21)20-18-13-7-11-16-10-4-5-12-17(16)18/h4-5,7,10-15H,6,8-9H2,1-3H3,(H,20,21)/t15-/m1/s1. The third-order valence-corrected chi connectivity index (χ3v) is 3.73. The Labute approximate surface area is 132 Å². The Balaban J connectivity index is 1.91. The molecule has 0 saturated heterocycles. The highest BCUT2D eigenvalue weighted by atomic mass is 16.6. The van der Waals surface area contributed by atoms with Crippen LogP contribution >= 0.6 is 0 Å². The maximum absolute atomic E-state index is 12.0. The van der Waals surface area contributed by atoms with Crippen LogP contribution in [-0.4, -0.2) is 12.2 Å². The maximum Gasteiger partial charge on any atom is 0.411 e. The number of anilines is 1. The largest absolute Gasteiger partial charge is 0.446 e. The van der Waals surface area contributed by atoms with E-state index in [9.17, 15) is 4.79 Å². The number of ether oxygens (including phenoxy) is 1. The van der Waals surface area contributed by atoms with Crippen LogP contribution in [0.15, 0.2) is 42.5 Å². The van der Waals surface area contributed by atoms with Crippen LogP contribution in [0.1, 0.15) is 40.0 Å². The first kappa shape index (κ1) is 16.3. The number of hydrogen-bond donors (Lipinski definition) is 1. The highest BCUT2D eigenvalue weighted by molar-refractivity contribution is 6.00. The monoisotopic (exact) mass is 299 g/mol. The molecule has 3 nitrogen and oxygen atoms in total. The predicted octanol–water partition coefficient (Wildman–Crippen LogP) is 5.60. The van der Waals surface area contributed by atoms with E-state index < -0.39 is 0 Å². The quantitative estimate of drug-likeness (QED) is 0.753. The second kappa shape index (κ2) is 7.83. The van der Waals surface area contributed by atoms with Gasteiger partial charge in [0.2, 0.25) is 0 Å². The molecule has 0 aliphatic rings. The van der Waals surface area contributed by atoms with Gasteiger partial charge < -0.3 is 4.74 Å². The van der Waals surface area contributed by atoms with E-state index in [1.807, 2.05) is 49.4 Å². The minimum absolute atomic E-state index is 0.0614. The Morgan fingerprint density at radius 1 is 1.05 bits per heavy atom. The van der Waals surface area contributed by atoms with Crippen molar-refractivity contribution < 1.29 is 9.53 Å². The second-order valence-corrected chi connectivity index (χ2v) is 6.19. The lowest BCUT2D eigenvalue weighted by atomic mass is 10.0. The predicted molar refractivity (Wildman–Crippen MR) is 92.2 cm³/mol. The van der Waals surface area contributed by atoms with Crippen LogP contribution in [0.2, 0.25) is 0 Å². The molecule has 22 heavy (non-hydrogen) atoms. The van der Waals surface area contributed by atoms with E-state index in [0.29, 0.717) is 5.92 Å². The first-order valence-electron chi connectivity index (χ1n) is 8.01. The molecule has 0 aromatic heterocycles. The van der Waals surface area contributed by atoms with E-state index in [0.717, 1.165) is 29.3 Å². The van der Waals surface area contributed by atoms with Crippen LogP contribution < -0.4 is 5.32 Å². The molecule has 1 N–H and O–H groups in total. The number of hydrogen-bond acceptors (Lipinski definition) is 2. The number of carbonyl (C=O) groups is 1. The van der Waals surface area contributed by atoms with Crippen LogP contribution in [0.5, 0.6) is 0 Å². The lowest BCUT2D eigenvalue weighted by Crippen LogP contribution is -2.20. The lowest BCUT2D eigenvalue weighted by Gasteiger charge is -2.15. The number of nitrogens with one attached hydrogen (secondary N) is 1. The van der Waals surface area contributed by atoms with Gasteiger partial charge in [-0.3, -0.25) is 5.32 Å². The van der Waals surface area contributed by atoms with Gasteiger partial charge in [-0.15, -0.1) is 0 Å². The van der Waals surface area contributed by atoms with Gasteiger partial charge in [0.05, 0.1) is 5.69 Å². The molecule has 2 aromatic carbocycles. The average Bonchev–Trinajstić information content (AvgIpc) is 2.47. The molecule has 3 heteroatoms. The molecule has 0 radical (unpaired) electrons. The summed E-state index contributed by atoms with van der Waals surface area (Å²) in [4.78, 5) is 12.0. The van der Waals surface area contributed by atoms with Crippen LogP contribution in [0, 0.1) is 5.92 Å². The molecule has 0 heterocycles. The van der Waals surface area contributed by atoms with E-state index in [2.05, 4.69) is 19.2 Å². The first-order chi connectivity index (χ1) is 10.6. The van der Waals surface area contributed by atoms with Gasteiger partial charge in [-0.2, -0.15) is 0 Å². The molecule has 0 aliphatic carbocycles. The summed E-state index contributed by atoms with van der Waals surface area (Å²) < 4.78 is 5.43. The van der Waals surface area contributed by atoms with Gasteiger partial charge in [0, 0.05) is 5.39 Å². The van der Waals surface area contributed by atoms with Crippen molar-refractivity contribution in [1.82, 2.24) is 0 Å². The molecule has 0 bridgehead atoms. The Hall–Kier alpha value is -2.03. The number of rotatable bonds is 6. The molecule has 0 fully saturated rings. The Morgan fingerprint density at radius 2 is 1.77 bits per heavy atom. The molecular formula is C19H25NO2. The number of carbonyl (C=O) groups excluding carboxylic acids is 1. The van der Waals surface area contributed by atoms with Crippen molar-refractivity contribution >= 4 is 22.6 Å². The third kappa shape index (κ3) is 4.76. The fraction of sp³-hybridized carbons (Fsp3) is 0.421. The summed E-state index contributed by atoms with van der Waals surface area (Å²) >= 11 is 0. The Bertz CT molecular complexity index is 616. The number of fused-ring (bicyclic) bond motifs is 1. The van der Waals surface area contributed by atoms with Crippen molar-refractivity contribution in [2.24, 2.45) is 5.92 Å². The van der Waals surface area contributed by atoms with E-state index in [-0.39, 0.29) is 12.2 Å². The van der Waals surface area contributed by atoms with Gasteiger partial charge in [-0.25, -0.2) is 4.79 Å². The zero-order valence-electron chi connectivity index (χ0n) is 13.6. The number of benzene rings is 2. The summed E-state index contributed by atoms with van der Waals surface area (Å²) in [5.41, 5.74) is 0.789. The van der Waals surface area contributed by atoms with Gasteiger partial charge in [-0.1, -0.05) is 56.7 Å². The summed E-state index contributed by atoms with van der Waals surface area (Å²) in [5, 5.41) is 4.98. The van der Waals surface area contributed by atoms with Gasteiger partial charge in [0.15, 0.2) is 0 Å². The van der Waals surface area contributed by atoms with E-state index in [1.54, 1.807) is 0 Å². The lowest BCUT2D eigenvalue weighted by molar-refractivity contribution is 0.113. The molecule has 1 amide bonds. The normalized spacial score (nSPS) is 12.4.